The van der Waals surface area contributed by atoms with Crippen LogP contribution in [0.3, 0.4) is 0 Å². The number of nitrogens with zero attached hydrogens (tertiary/aromatic N) is 1. The van der Waals surface area contributed by atoms with Crippen LogP contribution in [-0.4, -0.2) is 41.9 Å². The van der Waals surface area contributed by atoms with Gasteiger partial charge in [0.05, 0.1) is 13.1 Å². The largest absolute Gasteiger partial charge is 0.492 e. The molecule has 1 saturated heterocycles. The summed E-state index contributed by atoms with van der Waals surface area (Å²) in [5.41, 5.74) is -0.748. The van der Waals surface area contributed by atoms with Crippen LogP contribution in [0.25, 0.3) is 0 Å². The van der Waals surface area contributed by atoms with Crippen molar-refractivity contribution in [2.45, 2.75) is 32.2 Å². The molecule has 0 atom stereocenters. The van der Waals surface area contributed by atoms with Crippen LogP contribution >= 0.6 is 0 Å². The molecule has 0 radical (unpaired) electrons. The lowest BCUT2D eigenvalue weighted by Crippen LogP contribution is -2.66. The quantitative estimate of drug-likeness (QED) is 0.865. The standard InChI is InChI=1S/C16H22N2O3/c1-3-16(4-2)15(20)18(12-14(19)17-16)10-11-21-13-8-6-5-7-9-13/h5-9H,3-4,10-12H2,1-2H3,(H,17,19). The van der Waals surface area contributed by atoms with Crippen molar-refractivity contribution in [2.75, 3.05) is 19.7 Å². The third-order valence-corrected chi connectivity index (χ3v) is 3.99. The highest BCUT2D eigenvalue weighted by atomic mass is 16.5. The van der Waals surface area contributed by atoms with Crippen molar-refractivity contribution in [1.29, 1.82) is 0 Å². The molecule has 1 heterocycles. The van der Waals surface area contributed by atoms with E-state index in [0.717, 1.165) is 5.75 Å². The maximum atomic E-state index is 12.6. The number of para-hydroxylation sites is 1. The minimum atomic E-state index is -0.748. The number of hydrogen-bond donors (Lipinski definition) is 1. The predicted molar refractivity (Wildman–Crippen MR) is 80.0 cm³/mol. The second-order valence-corrected chi connectivity index (χ2v) is 5.23. The van der Waals surface area contributed by atoms with Gasteiger partial charge in [-0.2, -0.15) is 0 Å². The molecule has 1 aromatic carbocycles. The van der Waals surface area contributed by atoms with Crippen molar-refractivity contribution in [2.24, 2.45) is 0 Å². The van der Waals surface area contributed by atoms with Crippen molar-refractivity contribution in [3.8, 4) is 5.75 Å². The molecule has 2 amide bonds. The molecular weight excluding hydrogens is 268 g/mol. The number of carbonyl (C=O) groups is 2. The minimum absolute atomic E-state index is 0.0104. The molecule has 1 aliphatic heterocycles. The summed E-state index contributed by atoms with van der Waals surface area (Å²) >= 11 is 0. The molecule has 0 aromatic heterocycles. The summed E-state index contributed by atoms with van der Waals surface area (Å²) in [6, 6.07) is 9.45. The normalized spacial score (nSPS) is 17.5. The van der Waals surface area contributed by atoms with Crippen LogP contribution in [0.5, 0.6) is 5.75 Å². The first-order valence-electron chi connectivity index (χ1n) is 7.39. The van der Waals surface area contributed by atoms with Gasteiger partial charge in [-0.15, -0.1) is 0 Å². The van der Waals surface area contributed by atoms with E-state index in [0.29, 0.717) is 26.0 Å². The predicted octanol–water partition coefficient (Wildman–Crippen LogP) is 1.58. The fraction of sp³-hybridized carbons (Fsp3) is 0.500. The molecule has 0 unspecified atom stereocenters. The van der Waals surface area contributed by atoms with Crippen LogP contribution in [0, 0.1) is 0 Å². The molecular formula is C16H22N2O3. The van der Waals surface area contributed by atoms with Crippen LogP contribution in [0.4, 0.5) is 0 Å². The molecule has 0 aliphatic carbocycles. The van der Waals surface area contributed by atoms with Gasteiger partial charge in [-0.05, 0) is 25.0 Å². The summed E-state index contributed by atoms with van der Waals surface area (Å²) in [5, 5.41) is 2.85. The fourth-order valence-corrected chi connectivity index (χ4v) is 2.61. The average molecular weight is 290 g/mol. The average Bonchev–Trinajstić information content (AvgIpc) is 2.51. The number of carbonyl (C=O) groups excluding carboxylic acids is 2. The number of amides is 2. The van der Waals surface area contributed by atoms with E-state index < -0.39 is 5.54 Å². The lowest BCUT2D eigenvalue weighted by Gasteiger charge is -2.41. The van der Waals surface area contributed by atoms with Crippen LogP contribution in [0.2, 0.25) is 0 Å². The highest BCUT2D eigenvalue weighted by Crippen LogP contribution is 2.22. The molecule has 5 heteroatoms. The summed E-state index contributed by atoms with van der Waals surface area (Å²) in [4.78, 5) is 26.0. The van der Waals surface area contributed by atoms with Gasteiger partial charge < -0.3 is 15.0 Å². The molecule has 0 saturated carbocycles. The Balaban J connectivity index is 1.95. The highest BCUT2D eigenvalue weighted by molar-refractivity contribution is 5.97. The first-order chi connectivity index (χ1) is 10.1. The van der Waals surface area contributed by atoms with Crippen LogP contribution in [-0.2, 0) is 9.59 Å². The Hall–Kier alpha value is -2.04. The summed E-state index contributed by atoms with van der Waals surface area (Å²) in [6.45, 7) is 4.76. The minimum Gasteiger partial charge on any atom is -0.492 e. The van der Waals surface area contributed by atoms with Crippen molar-refractivity contribution in [1.82, 2.24) is 10.2 Å². The van der Waals surface area contributed by atoms with Gasteiger partial charge in [0.15, 0.2) is 0 Å². The third kappa shape index (κ3) is 3.35. The zero-order valence-corrected chi connectivity index (χ0v) is 12.6. The SMILES string of the molecule is CCC1(CC)NC(=O)CN(CCOc2ccccc2)C1=O. The van der Waals surface area contributed by atoms with Gasteiger partial charge in [0.25, 0.3) is 0 Å². The second kappa shape index (κ2) is 6.61. The van der Waals surface area contributed by atoms with Gasteiger partial charge in [0.1, 0.15) is 17.9 Å². The van der Waals surface area contributed by atoms with E-state index in [1.165, 1.54) is 0 Å². The monoisotopic (exact) mass is 290 g/mol. The fourth-order valence-electron chi connectivity index (χ4n) is 2.61. The van der Waals surface area contributed by atoms with Crippen molar-refractivity contribution >= 4 is 11.8 Å². The Labute approximate surface area is 125 Å². The van der Waals surface area contributed by atoms with Gasteiger partial charge in [0.2, 0.25) is 11.8 Å². The lowest BCUT2D eigenvalue weighted by atomic mass is 9.89. The molecule has 1 N–H and O–H groups in total. The molecule has 21 heavy (non-hydrogen) atoms. The van der Waals surface area contributed by atoms with Crippen LogP contribution in [0.15, 0.2) is 30.3 Å². The van der Waals surface area contributed by atoms with E-state index >= 15 is 0 Å². The van der Waals surface area contributed by atoms with E-state index in [1.807, 2.05) is 44.2 Å². The van der Waals surface area contributed by atoms with Gasteiger partial charge in [0, 0.05) is 0 Å². The number of rotatable bonds is 6. The van der Waals surface area contributed by atoms with Crippen molar-refractivity contribution in [3.05, 3.63) is 30.3 Å². The molecule has 0 spiro atoms. The van der Waals surface area contributed by atoms with Crippen LogP contribution < -0.4 is 10.1 Å². The Morgan fingerprint density at radius 1 is 1.19 bits per heavy atom. The number of hydrogen-bond acceptors (Lipinski definition) is 3. The molecule has 1 aliphatic rings. The van der Waals surface area contributed by atoms with E-state index in [2.05, 4.69) is 5.32 Å². The van der Waals surface area contributed by atoms with Gasteiger partial charge in [-0.3, -0.25) is 9.59 Å². The van der Waals surface area contributed by atoms with Crippen molar-refractivity contribution in [3.63, 3.8) is 0 Å². The molecule has 114 valence electrons. The number of nitrogens with one attached hydrogen (secondary N) is 1. The topological polar surface area (TPSA) is 58.6 Å². The van der Waals surface area contributed by atoms with Gasteiger partial charge >= 0.3 is 0 Å². The molecule has 0 bridgehead atoms. The Kier molecular flexibility index (Phi) is 4.83. The highest BCUT2D eigenvalue weighted by Gasteiger charge is 2.43. The first kappa shape index (κ1) is 15.4. The van der Waals surface area contributed by atoms with Gasteiger partial charge in [-0.25, -0.2) is 0 Å². The lowest BCUT2D eigenvalue weighted by molar-refractivity contribution is -0.150. The van der Waals surface area contributed by atoms with Crippen LogP contribution in [0.1, 0.15) is 26.7 Å². The Bertz CT molecular complexity index is 498. The third-order valence-electron chi connectivity index (χ3n) is 3.99. The summed E-state index contributed by atoms with van der Waals surface area (Å²) in [6.07, 6.45) is 1.20. The summed E-state index contributed by atoms with van der Waals surface area (Å²) in [7, 11) is 0. The van der Waals surface area contributed by atoms with Crippen molar-refractivity contribution < 1.29 is 14.3 Å². The summed E-state index contributed by atoms with van der Waals surface area (Å²) < 4.78 is 5.60. The first-order valence-corrected chi connectivity index (χ1v) is 7.39. The van der Waals surface area contributed by atoms with Gasteiger partial charge in [-0.1, -0.05) is 32.0 Å². The Morgan fingerprint density at radius 3 is 2.48 bits per heavy atom. The number of ether oxygens (including phenoxy) is 1. The van der Waals surface area contributed by atoms with E-state index in [9.17, 15) is 9.59 Å². The number of benzene rings is 1. The smallest absolute Gasteiger partial charge is 0.248 e. The Morgan fingerprint density at radius 2 is 1.86 bits per heavy atom. The second-order valence-electron chi connectivity index (χ2n) is 5.23. The number of piperazine rings is 1. The maximum Gasteiger partial charge on any atom is 0.248 e. The molecule has 1 fully saturated rings. The maximum absolute atomic E-state index is 12.6. The van der Waals surface area contributed by atoms with E-state index in [-0.39, 0.29) is 18.4 Å². The van der Waals surface area contributed by atoms with E-state index in [1.54, 1.807) is 4.90 Å². The molecule has 5 nitrogen and oxygen atoms in total. The molecule has 1 aromatic rings. The molecule has 2 rings (SSSR count). The zero-order valence-electron chi connectivity index (χ0n) is 12.6. The van der Waals surface area contributed by atoms with E-state index in [4.69, 9.17) is 4.74 Å². The zero-order chi connectivity index (χ0) is 15.3. The summed E-state index contributed by atoms with van der Waals surface area (Å²) in [5.74, 6) is 0.658.